The Morgan fingerprint density at radius 2 is 2.28 bits per heavy atom. The molecule has 5 heteroatoms. The molecule has 2 atom stereocenters. The average molecular weight is 250 g/mol. The van der Waals surface area contributed by atoms with Crippen LogP contribution < -0.4 is 4.90 Å². The zero-order chi connectivity index (χ0) is 13.3. The zero-order valence-electron chi connectivity index (χ0n) is 10.9. The fourth-order valence-electron chi connectivity index (χ4n) is 2.36. The van der Waals surface area contributed by atoms with E-state index in [4.69, 9.17) is 4.74 Å². The van der Waals surface area contributed by atoms with Crippen molar-refractivity contribution in [3.05, 3.63) is 23.4 Å². The summed E-state index contributed by atoms with van der Waals surface area (Å²) in [7, 11) is 1.88. The molecule has 0 bridgehead atoms. The van der Waals surface area contributed by atoms with E-state index in [2.05, 4.69) is 4.98 Å². The lowest BCUT2D eigenvalue weighted by atomic mass is 10.1. The number of carboxylic acid groups (broad SMARTS) is 1. The Labute approximate surface area is 106 Å². The number of aromatic carboxylic acids is 1. The lowest BCUT2D eigenvalue weighted by molar-refractivity contribution is 0.0696. The van der Waals surface area contributed by atoms with Gasteiger partial charge in [-0.05, 0) is 32.4 Å². The number of hydrogen-bond donors (Lipinski definition) is 1. The molecular weight excluding hydrogens is 232 g/mol. The van der Waals surface area contributed by atoms with E-state index in [1.807, 2.05) is 25.8 Å². The Balaban J connectivity index is 2.36. The molecule has 5 nitrogen and oxygen atoms in total. The lowest BCUT2D eigenvalue weighted by Gasteiger charge is -2.28. The van der Waals surface area contributed by atoms with Gasteiger partial charge in [-0.15, -0.1) is 0 Å². The van der Waals surface area contributed by atoms with Crippen LogP contribution in [0.4, 0.5) is 5.82 Å². The number of aromatic nitrogens is 1. The Morgan fingerprint density at radius 3 is 2.83 bits per heavy atom. The predicted molar refractivity (Wildman–Crippen MR) is 68.2 cm³/mol. The molecule has 18 heavy (non-hydrogen) atoms. The number of pyridine rings is 1. The quantitative estimate of drug-likeness (QED) is 0.884. The minimum absolute atomic E-state index is 0.0963. The van der Waals surface area contributed by atoms with Crippen molar-refractivity contribution in [2.75, 3.05) is 18.6 Å². The SMILES string of the molecule is Cc1ccc(C(=O)O)c(N(C)C2CCOC2C)n1. The maximum absolute atomic E-state index is 11.2. The fraction of sp³-hybridized carbons (Fsp3) is 0.538. The Bertz CT molecular complexity index is 462. The van der Waals surface area contributed by atoms with Crippen LogP contribution in [-0.2, 0) is 4.74 Å². The summed E-state index contributed by atoms with van der Waals surface area (Å²) in [6, 6.07) is 3.50. The largest absolute Gasteiger partial charge is 0.478 e. The summed E-state index contributed by atoms with van der Waals surface area (Å²) in [5.74, 6) is -0.430. The van der Waals surface area contributed by atoms with E-state index in [-0.39, 0.29) is 17.7 Å². The van der Waals surface area contributed by atoms with E-state index in [9.17, 15) is 9.90 Å². The normalized spacial score (nSPS) is 23.1. The summed E-state index contributed by atoms with van der Waals surface area (Å²) >= 11 is 0. The number of ether oxygens (including phenoxy) is 1. The van der Waals surface area contributed by atoms with Gasteiger partial charge in [0.05, 0.1) is 12.1 Å². The molecule has 2 heterocycles. The first-order valence-electron chi connectivity index (χ1n) is 6.06. The van der Waals surface area contributed by atoms with Crippen molar-refractivity contribution >= 4 is 11.8 Å². The van der Waals surface area contributed by atoms with Gasteiger partial charge >= 0.3 is 5.97 Å². The summed E-state index contributed by atoms with van der Waals surface area (Å²) in [5.41, 5.74) is 1.05. The molecule has 2 unspecified atom stereocenters. The third-order valence-corrected chi connectivity index (χ3v) is 3.41. The summed E-state index contributed by atoms with van der Waals surface area (Å²) in [5, 5.41) is 9.22. The maximum atomic E-state index is 11.2. The van der Waals surface area contributed by atoms with Gasteiger partial charge in [0.25, 0.3) is 0 Å². The number of nitrogens with zero attached hydrogens (tertiary/aromatic N) is 2. The highest BCUT2D eigenvalue weighted by Crippen LogP contribution is 2.26. The molecule has 0 amide bonds. The second-order valence-corrected chi connectivity index (χ2v) is 4.67. The fourth-order valence-corrected chi connectivity index (χ4v) is 2.36. The lowest BCUT2D eigenvalue weighted by Crippen LogP contribution is -2.38. The van der Waals surface area contributed by atoms with Crippen molar-refractivity contribution in [3.8, 4) is 0 Å². The van der Waals surface area contributed by atoms with Gasteiger partial charge in [0.1, 0.15) is 11.4 Å². The number of likely N-dealkylation sites (N-methyl/N-ethyl adjacent to an activating group) is 1. The number of carbonyl (C=O) groups is 1. The number of hydrogen-bond acceptors (Lipinski definition) is 4. The van der Waals surface area contributed by atoms with Crippen LogP contribution in [0.2, 0.25) is 0 Å². The molecule has 2 rings (SSSR count). The third-order valence-electron chi connectivity index (χ3n) is 3.41. The molecule has 1 saturated heterocycles. The molecule has 0 saturated carbocycles. The number of anilines is 1. The molecular formula is C13H18N2O3. The Kier molecular flexibility index (Phi) is 3.52. The zero-order valence-corrected chi connectivity index (χ0v) is 10.9. The molecule has 0 radical (unpaired) electrons. The molecule has 1 aromatic rings. The van der Waals surface area contributed by atoms with Gasteiger partial charge in [-0.3, -0.25) is 0 Å². The summed E-state index contributed by atoms with van der Waals surface area (Å²) < 4.78 is 5.52. The number of carboxylic acids is 1. The van der Waals surface area contributed by atoms with Crippen LogP contribution in [-0.4, -0.2) is 41.9 Å². The van der Waals surface area contributed by atoms with Gasteiger partial charge in [0.2, 0.25) is 0 Å². The highest BCUT2D eigenvalue weighted by atomic mass is 16.5. The molecule has 0 aromatic carbocycles. The highest BCUT2D eigenvalue weighted by Gasteiger charge is 2.30. The molecule has 1 aliphatic heterocycles. The summed E-state index contributed by atoms with van der Waals surface area (Å²) in [6.07, 6.45) is 0.991. The average Bonchev–Trinajstić information content (AvgIpc) is 2.74. The van der Waals surface area contributed by atoms with E-state index >= 15 is 0 Å². The number of aryl methyl sites for hydroxylation is 1. The van der Waals surface area contributed by atoms with Crippen LogP contribution in [0.25, 0.3) is 0 Å². The highest BCUT2D eigenvalue weighted by molar-refractivity contribution is 5.93. The standard InChI is InChI=1S/C13H18N2O3/c1-8-4-5-10(13(16)17)12(14-8)15(3)11-6-7-18-9(11)2/h4-5,9,11H,6-7H2,1-3H3,(H,16,17). The summed E-state index contributed by atoms with van der Waals surface area (Å²) in [4.78, 5) is 17.5. The van der Waals surface area contributed by atoms with E-state index in [1.54, 1.807) is 12.1 Å². The van der Waals surface area contributed by atoms with E-state index in [1.165, 1.54) is 0 Å². The van der Waals surface area contributed by atoms with Crippen molar-refractivity contribution < 1.29 is 14.6 Å². The minimum atomic E-state index is -0.948. The van der Waals surface area contributed by atoms with Crippen LogP contribution in [0.15, 0.2) is 12.1 Å². The first-order valence-corrected chi connectivity index (χ1v) is 6.06. The molecule has 0 aliphatic carbocycles. The molecule has 1 aliphatic rings. The van der Waals surface area contributed by atoms with Crippen LogP contribution in [0.1, 0.15) is 29.4 Å². The molecule has 0 spiro atoms. The smallest absolute Gasteiger partial charge is 0.339 e. The van der Waals surface area contributed by atoms with Crippen LogP contribution in [0, 0.1) is 6.92 Å². The van der Waals surface area contributed by atoms with Crippen molar-refractivity contribution in [2.24, 2.45) is 0 Å². The molecule has 98 valence electrons. The monoisotopic (exact) mass is 250 g/mol. The molecule has 1 fully saturated rings. The van der Waals surface area contributed by atoms with Gasteiger partial charge in [0, 0.05) is 19.3 Å². The van der Waals surface area contributed by atoms with E-state index in [0.717, 1.165) is 12.1 Å². The number of rotatable bonds is 3. The van der Waals surface area contributed by atoms with Gasteiger partial charge in [-0.25, -0.2) is 9.78 Å². The molecule has 1 N–H and O–H groups in total. The Hall–Kier alpha value is -1.62. The van der Waals surface area contributed by atoms with Gasteiger partial charge in [0.15, 0.2) is 0 Å². The molecule has 1 aromatic heterocycles. The third kappa shape index (κ3) is 2.31. The van der Waals surface area contributed by atoms with Crippen LogP contribution in [0.3, 0.4) is 0 Å². The maximum Gasteiger partial charge on any atom is 0.339 e. The van der Waals surface area contributed by atoms with Crippen molar-refractivity contribution in [1.29, 1.82) is 0 Å². The van der Waals surface area contributed by atoms with Gasteiger partial charge in [-0.1, -0.05) is 0 Å². The van der Waals surface area contributed by atoms with Crippen molar-refractivity contribution in [2.45, 2.75) is 32.4 Å². The predicted octanol–water partition coefficient (Wildman–Crippen LogP) is 1.70. The Morgan fingerprint density at radius 1 is 1.56 bits per heavy atom. The van der Waals surface area contributed by atoms with Crippen LogP contribution >= 0.6 is 0 Å². The minimum Gasteiger partial charge on any atom is -0.478 e. The van der Waals surface area contributed by atoms with Crippen LogP contribution in [0.5, 0.6) is 0 Å². The topological polar surface area (TPSA) is 62.7 Å². The van der Waals surface area contributed by atoms with Gasteiger partial charge in [-0.2, -0.15) is 0 Å². The second-order valence-electron chi connectivity index (χ2n) is 4.67. The van der Waals surface area contributed by atoms with Crippen molar-refractivity contribution in [1.82, 2.24) is 4.98 Å². The summed E-state index contributed by atoms with van der Waals surface area (Å²) in [6.45, 7) is 4.58. The van der Waals surface area contributed by atoms with E-state index in [0.29, 0.717) is 12.4 Å². The second kappa shape index (κ2) is 4.94. The first-order chi connectivity index (χ1) is 8.50. The van der Waals surface area contributed by atoms with E-state index < -0.39 is 5.97 Å². The van der Waals surface area contributed by atoms with Crippen molar-refractivity contribution in [3.63, 3.8) is 0 Å². The first kappa shape index (κ1) is 12.8. The van der Waals surface area contributed by atoms with Gasteiger partial charge < -0.3 is 14.7 Å².